The van der Waals surface area contributed by atoms with E-state index in [1.54, 1.807) is 4.90 Å². The number of likely N-dealkylation sites (tertiary alicyclic amines) is 1. The smallest absolute Gasteiger partial charge is 0.243 e. The second-order valence-electron chi connectivity index (χ2n) is 13.1. The molecule has 5 atom stereocenters. The first-order chi connectivity index (χ1) is 19.3. The topological polar surface area (TPSA) is 90.5 Å². The minimum atomic E-state index is -0.536. The Hall–Kier alpha value is -1.89. The molecule has 0 aromatic carbocycles. The van der Waals surface area contributed by atoms with Crippen LogP contribution < -0.4 is 16.0 Å². The highest BCUT2D eigenvalue weighted by Gasteiger charge is 2.39. The van der Waals surface area contributed by atoms with Crippen molar-refractivity contribution in [3.8, 4) is 0 Å². The molecule has 0 aromatic rings. The number of carbonyl (C=O) groups is 3. The lowest BCUT2D eigenvalue weighted by Gasteiger charge is -2.38. The zero-order chi connectivity index (χ0) is 28.9. The summed E-state index contributed by atoms with van der Waals surface area (Å²) in [6.07, 6.45) is 17.4. The average Bonchev–Trinajstić information content (AvgIpc) is 3.44. The summed E-state index contributed by atoms with van der Waals surface area (Å²) >= 11 is 0. The fourth-order valence-corrected chi connectivity index (χ4v) is 7.05. The summed E-state index contributed by atoms with van der Waals surface area (Å²) in [5, 5.41) is 9.76. The Labute approximate surface area is 244 Å². The van der Waals surface area contributed by atoms with Crippen molar-refractivity contribution < 1.29 is 14.4 Å². The van der Waals surface area contributed by atoms with Crippen molar-refractivity contribution in [1.29, 1.82) is 0 Å². The number of fused-ring (bicyclic) bond motifs is 1. The van der Waals surface area contributed by atoms with Crippen LogP contribution in [0.4, 0.5) is 0 Å². The predicted octanol–water partition coefficient (Wildman–Crippen LogP) is 5.20. The van der Waals surface area contributed by atoms with Crippen LogP contribution >= 0.6 is 0 Å². The van der Waals surface area contributed by atoms with Crippen LogP contribution in [-0.4, -0.2) is 60.9 Å². The molecule has 0 bridgehead atoms. The van der Waals surface area contributed by atoms with Crippen molar-refractivity contribution in [1.82, 2.24) is 20.9 Å². The van der Waals surface area contributed by atoms with Gasteiger partial charge in [0, 0.05) is 19.0 Å². The quantitative estimate of drug-likeness (QED) is 0.179. The number of hydrogen-bond acceptors (Lipinski definition) is 4. The van der Waals surface area contributed by atoms with E-state index in [9.17, 15) is 14.4 Å². The van der Waals surface area contributed by atoms with Gasteiger partial charge in [0.1, 0.15) is 12.1 Å². The molecule has 7 heteroatoms. The monoisotopic (exact) mass is 558 g/mol. The van der Waals surface area contributed by atoms with Gasteiger partial charge in [0.2, 0.25) is 17.7 Å². The third-order valence-electron chi connectivity index (χ3n) is 9.49. The van der Waals surface area contributed by atoms with Crippen molar-refractivity contribution in [3.05, 3.63) is 12.2 Å². The zero-order valence-corrected chi connectivity index (χ0v) is 25.9. The minimum absolute atomic E-state index is 0.0344. The second kappa shape index (κ2) is 17.2. The standard InChI is InChI=1S/C33H58N4O3/c1-5-26(6-2)33(40)37-20-12-15-30(37)32(39)36-29(22-25-16-17-27-13-8-9-14-28(27)21-25)31(38)35-19-11-7-10-18-34-23-24(3)4/h8,13,24-30,34H,5-7,9-12,14-23H2,1-4H3,(H,35,38)(H,36,39)/t25-,27?,28-,29+,30?/m0/s1. The van der Waals surface area contributed by atoms with E-state index in [4.69, 9.17) is 0 Å². The molecule has 1 saturated carbocycles. The van der Waals surface area contributed by atoms with Crippen LogP contribution in [0.15, 0.2) is 12.2 Å². The lowest BCUT2D eigenvalue weighted by molar-refractivity contribution is -0.142. The molecule has 1 heterocycles. The van der Waals surface area contributed by atoms with Gasteiger partial charge in [-0.1, -0.05) is 46.3 Å². The van der Waals surface area contributed by atoms with Gasteiger partial charge < -0.3 is 20.9 Å². The van der Waals surface area contributed by atoms with Crippen molar-refractivity contribution in [2.24, 2.45) is 29.6 Å². The van der Waals surface area contributed by atoms with Crippen molar-refractivity contribution in [2.75, 3.05) is 26.2 Å². The van der Waals surface area contributed by atoms with Gasteiger partial charge in [-0.25, -0.2) is 0 Å². The van der Waals surface area contributed by atoms with Gasteiger partial charge in [-0.2, -0.15) is 0 Å². The molecule has 228 valence electrons. The summed E-state index contributed by atoms with van der Waals surface area (Å²) in [5.41, 5.74) is 0. The van der Waals surface area contributed by atoms with E-state index in [-0.39, 0.29) is 23.6 Å². The Kier molecular flexibility index (Phi) is 14.0. The molecular weight excluding hydrogens is 500 g/mol. The van der Waals surface area contributed by atoms with Crippen LogP contribution in [0, 0.1) is 29.6 Å². The fraction of sp³-hybridized carbons (Fsp3) is 0.848. The summed E-state index contributed by atoms with van der Waals surface area (Å²) in [6, 6.07) is -0.993. The lowest BCUT2D eigenvalue weighted by Crippen LogP contribution is -2.54. The van der Waals surface area contributed by atoms with Crippen molar-refractivity contribution in [2.45, 2.75) is 123 Å². The van der Waals surface area contributed by atoms with E-state index in [1.165, 1.54) is 12.8 Å². The molecule has 0 radical (unpaired) electrons. The first kappa shape index (κ1) is 32.6. The molecule has 2 unspecified atom stereocenters. The van der Waals surface area contributed by atoms with Gasteiger partial charge in [-0.05, 0) is 114 Å². The summed E-state index contributed by atoms with van der Waals surface area (Å²) in [7, 11) is 0. The number of nitrogens with zero attached hydrogens (tertiary/aromatic N) is 1. The number of amides is 3. The van der Waals surface area contributed by atoms with E-state index in [2.05, 4.69) is 41.9 Å². The maximum Gasteiger partial charge on any atom is 0.243 e. The van der Waals surface area contributed by atoms with Crippen LogP contribution in [-0.2, 0) is 14.4 Å². The van der Waals surface area contributed by atoms with Gasteiger partial charge in [0.15, 0.2) is 0 Å². The Morgan fingerprint density at radius 2 is 1.75 bits per heavy atom. The van der Waals surface area contributed by atoms with Gasteiger partial charge in [0.25, 0.3) is 0 Å². The molecule has 3 N–H and O–H groups in total. The molecule has 3 amide bonds. The van der Waals surface area contributed by atoms with Gasteiger partial charge in [-0.3, -0.25) is 14.4 Å². The largest absolute Gasteiger partial charge is 0.354 e. The molecule has 1 aliphatic heterocycles. The predicted molar refractivity (Wildman–Crippen MR) is 163 cm³/mol. The summed E-state index contributed by atoms with van der Waals surface area (Å²) < 4.78 is 0. The maximum atomic E-state index is 13.6. The van der Waals surface area contributed by atoms with E-state index in [0.29, 0.717) is 49.6 Å². The number of carbonyl (C=O) groups excluding carboxylic acids is 3. The number of hydrogen-bond donors (Lipinski definition) is 3. The number of rotatable bonds is 16. The average molecular weight is 559 g/mol. The van der Waals surface area contributed by atoms with E-state index < -0.39 is 12.1 Å². The maximum absolute atomic E-state index is 13.6. The zero-order valence-electron chi connectivity index (χ0n) is 25.9. The Morgan fingerprint density at radius 1 is 0.975 bits per heavy atom. The SMILES string of the molecule is CCC(CC)C(=O)N1CCCC1C(=O)N[C@H](C[C@H]1CCC2C=CCC[C@H]2C1)C(=O)NCCCCCNCC(C)C. The molecule has 0 spiro atoms. The second-order valence-corrected chi connectivity index (χ2v) is 13.1. The van der Waals surface area contributed by atoms with Crippen molar-refractivity contribution in [3.63, 3.8) is 0 Å². The normalized spacial score (nSPS) is 25.2. The van der Waals surface area contributed by atoms with Crippen LogP contribution in [0.3, 0.4) is 0 Å². The number of nitrogens with one attached hydrogen (secondary N) is 3. The molecule has 1 saturated heterocycles. The molecule has 0 aromatic heterocycles. The molecule has 3 aliphatic rings. The fourth-order valence-electron chi connectivity index (χ4n) is 7.05. The van der Waals surface area contributed by atoms with Gasteiger partial charge in [0.05, 0.1) is 0 Å². The molecular formula is C33H58N4O3. The molecule has 2 aliphatic carbocycles. The third-order valence-corrected chi connectivity index (χ3v) is 9.49. The highest BCUT2D eigenvalue weighted by molar-refractivity contribution is 5.92. The number of allylic oxidation sites excluding steroid dienone is 2. The summed E-state index contributed by atoms with van der Waals surface area (Å²) in [4.78, 5) is 42.0. The first-order valence-electron chi connectivity index (χ1n) is 16.6. The summed E-state index contributed by atoms with van der Waals surface area (Å²) in [5.74, 6) is 2.34. The molecule has 40 heavy (non-hydrogen) atoms. The Balaban J connectivity index is 1.56. The van der Waals surface area contributed by atoms with Crippen LogP contribution in [0.5, 0.6) is 0 Å². The Bertz CT molecular complexity index is 825. The van der Waals surface area contributed by atoms with Crippen LogP contribution in [0.25, 0.3) is 0 Å². The molecule has 3 rings (SSSR count). The number of unbranched alkanes of at least 4 members (excludes halogenated alkanes) is 2. The molecule has 2 fully saturated rings. The van der Waals surface area contributed by atoms with Gasteiger partial charge in [-0.15, -0.1) is 0 Å². The van der Waals surface area contributed by atoms with Gasteiger partial charge >= 0.3 is 0 Å². The Morgan fingerprint density at radius 3 is 2.50 bits per heavy atom. The highest BCUT2D eigenvalue weighted by Crippen LogP contribution is 2.41. The van der Waals surface area contributed by atoms with E-state index >= 15 is 0 Å². The van der Waals surface area contributed by atoms with Crippen LogP contribution in [0.1, 0.15) is 111 Å². The highest BCUT2D eigenvalue weighted by atomic mass is 16.2. The third kappa shape index (κ3) is 9.88. The first-order valence-corrected chi connectivity index (χ1v) is 16.6. The minimum Gasteiger partial charge on any atom is -0.354 e. The van der Waals surface area contributed by atoms with Crippen LogP contribution in [0.2, 0.25) is 0 Å². The van der Waals surface area contributed by atoms with E-state index in [1.807, 2.05) is 13.8 Å². The lowest BCUT2D eigenvalue weighted by atomic mass is 9.69. The summed E-state index contributed by atoms with van der Waals surface area (Å²) in [6.45, 7) is 11.8. The van der Waals surface area contributed by atoms with Crippen molar-refractivity contribution >= 4 is 17.7 Å². The van der Waals surface area contributed by atoms with E-state index in [0.717, 1.165) is 70.9 Å². The molecule has 7 nitrogen and oxygen atoms in total.